The van der Waals surface area contributed by atoms with Crippen LogP contribution in [0.3, 0.4) is 0 Å². The van der Waals surface area contributed by atoms with Gasteiger partial charge in [0.05, 0.1) is 0 Å². The molecule has 74 valence electrons. The van der Waals surface area contributed by atoms with Gasteiger partial charge in [0.2, 0.25) is 0 Å². The summed E-state index contributed by atoms with van der Waals surface area (Å²) < 4.78 is 0. The first kappa shape index (κ1) is 8.87. The molecular formula is C10H13N3O. The average molecular weight is 191 g/mol. The number of amides is 2. The number of benzene rings is 1. The maximum atomic E-state index is 11.5. The summed E-state index contributed by atoms with van der Waals surface area (Å²) in [6, 6.07) is 7.33. The third kappa shape index (κ3) is 1.64. The molecule has 0 aromatic heterocycles. The molecule has 1 saturated heterocycles. The van der Waals surface area contributed by atoms with Gasteiger partial charge >= 0.3 is 6.03 Å². The molecule has 0 unspecified atom stereocenters. The number of anilines is 2. The summed E-state index contributed by atoms with van der Waals surface area (Å²) in [6.45, 7) is 1.52. The maximum Gasteiger partial charge on any atom is 0.321 e. The van der Waals surface area contributed by atoms with Crippen molar-refractivity contribution in [3.8, 4) is 0 Å². The SMILES string of the molecule is Nc1cccc(N2CCCNC2=O)c1. The highest BCUT2D eigenvalue weighted by Crippen LogP contribution is 2.18. The van der Waals surface area contributed by atoms with Crippen molar-refractivity contribution in [1.82, 2.24) is 5.32 Å². The van der Waals surface area contributed by atoms with Crippen molar-refractivity contribution < 1.29 is 4.79 Å². The average Bonchev–Trinajstić information content (AvgIpc) is 2.18. The Bertz CT molecular complexity index is 351. The number of nitrogens with zero attached hydrogens (tertiary/aromatic N) is 1. The van der Waals surface area contributed by atoms with Gasteiger partial charge in [-0.1, -0.05) is 6.07 Å². The molecule has 0 bridgehead atoms. The maximum absolute atomic E-state index is 11.5. The highest BCUT2D eigenvalue weighted by atomic mass is 16.2. The summed E-state index contributed by atoms with van der Waals surface area (Å²) in [5.74, 6) is 0. The normalized spacial score (nSPS) is 16.6. The van der Waals surface area contributed by atoms with E-state index in [1.54, 1.807) is 4.90 Å². The predicted molar refractivity (Wildman–Crippen MR) is 56.2 cm³/mol. The highest BCUT2D eigenvalue weighted by molar-refractivity contribution is 5.93. The summed E-state index contributed by atoms with van der Waals surface area (Å²) in [6.07, 6.45) is 0.973. The van der Waals surface area contributed by atoms with Gasteiger partial charge < -0.3 is 11.1 Å². The summed E-state index contributed by atoms with van der Waals surface area (Å²) in [4.78, 5) is 13.2. The largest absolute Gasteiger partial charge is 0.399 e. The summed E-state index contributed by atoms with van der Waals surface area (Å²) in [5, 5.41) is 2.80. The van der Waals surface area contributed by atoms with E-state index < -0.39 is 0 Å². The smallest absolute Gasteiger partial charge is 0.321 e. The molecule has 0 saturated carbocycles. The number of nitrogens with two attached hydrogens (primary N) is 1. The van der Waals surface area contributed by atoms with E-state index in [2.05, 4.69) is 5.32 Å². The molecular weight excluding hydrogens is 178 g/mol. The molecule has 14 heavy (non-hydrogen) atoms. The van der Waals surface area contributed by atoms with Gasteiger partial charge in [0.15, 0.2) is 0 Å². The third-order valence-electron chi connectivity index (χ3n) is 2.26. The zero-order valence-electron chi connectivity index (χ0n) is 7.86. The molecule has 1 aromatic rings. The van der Waals surface area contributed by atoms with Crippen LogP contribution in [0.1, 0.15) is 6.42 Å². The Hall–Kier alpha value is -1.71. The second-order valence-electron chi connectivity index (χ2n) is 3.33. The molecule has 1 fully saturated rings. The van der Waals surface area contributed by atoms with E-state index in [0.29, 0.717) is 5.69 Å². The van der Waals surface area contributed by atoms with E-state index in [0.717, 1.165) is 25.2 Å². The van der Waals surface area contributed by atoms with Crippen LogP contribution in [0.5, 0.6) is 0 Å². The van der Waals surface area contributed by atoms with Crippen molar-refractivity contribution in [3.05, 3.63) is 24.3 Å². The lowest BCUT2D eigenvalue weighted by Gasteiger charge is -2.27. The van der Waals surface area contributed by atoms with E-state index in [1.807, 2.05) is 24.3 Å². The Kier molecular flexibility index (Phi) is 2.26. The summed E-state index contributed by atoms with van der Waals surface area (Å²) in [5.41, 5.74) is 7.20. The molecule has 4 nitrogen and oxygen atoms in total. The van der Waals surface area contributed by atoms with Crippen LogP contribution in [0, 0.1) is 0 Å². The van der Waals surface area contributed by atoms with Gasteiger partial charge in [0.25, 0.3) is 0 Å². The molecule has 1 aromatic carbocycles. The van der Waals surface area contributed by atoms with E-state index in [-0.39, 0.29) is 6.03 Å². The lowest BCUT2D eigenvalue weighted by molar-refractivity contribution is 0.243. The Balaban J connectivity index is 2.24. The minimum absolute atomic E-state index is 0.0400. The number of nitrogens with one attached hydrogen (secondary N) is 1. The monoisotopic (exact) mass is 191 g/mol. The second-order valence-corrected chi connectivity index (χ2v) is 3.33. The van der Waals surface area contributed by atoms with Crippen LogP contribution in [-0.4, -0.2) is 19.1 Å². The third-order valence-corrected chi connectivity index (χ3v) is 2.26. The van der Waals surface area contributed by atoms with Gasteiger partial charge in [-0.2, -0.15) is 0 Å². The number of carbonyl (C=O) groups excluding carboxylic acids is 1. The summed E-state index contributed by atoms with van der Waals surface area (Å²) >= 11 is 0. The molecule has 0 atom stereocenters. The quantitative estimate of drug-likeness (QED) is 0.655. The second kappa shape index (κ2) is 3.57. The number of rotatable bonds is 1. The van der Waals surface area contributed by atoms with Crippen molar-refractivity contribution in [1.29, 1.82) is 0 Å². The number of nitrogen functional groups attached to an aromatic ring is 1. The number of hydrogen-bond donors (Lipinski definition) is 2. The fraction of sp³-hybridized carbons (Fsp3) is 0.300. The molecule has 2 amide bonds. The Morgan fingerprint density at radius 2 is 2.29 bits per heavy atom. The predicted octanol–water partition coefficient (Wildman–Crippen LogP) is 1.19. The standard InChI is InChI=1S/C10H13N3O/c11-8-3-1-4-9(7-8)13-6-2-5-12-10(13)14/h1,3-4,7H,2,5-6,11H2,(H,12,14). The molecule has 1 aliphatic rings. The van der Waals surface area contributed by atoms with Crippen LogP contribution >= 0.6 is 0 Å². The first-order chi connectivity index (χ1) is 6.77. The Labute approximate surface area is 82.7 Å². The van der Waals surface area contributed by atoms with Crippen LogP contribution in [0.15, 0.2) is 24.3 Å². The lowest BCUT2D eigenvalue weighted by Crippen LogP contribution is -2.46. The number of hydrogen-bond acceptors (Lipinski definition) is 2. The van der Waals surface area contributed by atoms with Gasteiger partial charge in [0.1, 0.15) is 0 Å². The van der Waals surface area contributed by atoms with Crippen LogP contribution in [0.25, 0.3) is 0 Å². The number of urea groups is 1. The van der Waals surface area contributed by atoms with E-state index in [1.165, 1.54) is 0 Å². The van der Waals surface area contributed by atoms with E-state index in [4.69, 9.17) is 5.73 Å². The fourth-order valence-corrected chi connectivity index (χ4v) is 1.57. The topological polar surface area (TPSA) is 58.4 Å². The van der Waals surface area contributed by atoms with Crippen molar-refractivity contribution >= 4 is 17.4 Å². The van der Waals surface area contributed by atoms with Crippen LogP contribution in [0.4, 0.5) is 16.2 Å². The molecule has 2 rings (SSSR count). The Morgan fingerprint density at radius 1 is 1.43 bits per heavy atom. The minimum atomic E-state index is -0.0400. The summed E-state index contributed by atoms with van der Waals surface area (Å²) in [7, 11) is 0. The van der Waals surface area contributed by atoms with Crippen molar-refractivity contribution in [2.45, 2.75) is 6.42 Å². The van der Waals surface area contributed by atoms with Crippen LogP contribution in [0.2, 0.25) is 0 Å². The van der Waals surface area contributed by atoms with Gasteiger partial charge in [-0.05, 0) is 24.6 Å². The molecule has 0 aliphatic carbocycles. The van der Waals surface area contributed by atoms with Gasteiger partial charge in [-0.3, -0.25) is 4.90 Å². The van der Waals surface area contributed by atoms with Gasteiger partial charge in [0, 0.05) is 24.5 Å². The molecule has 1 heterocycles. The molecule has 0 spiro atoms. The van der Waals surface area contributed by atoms with Crippen molar-refractivity contribution in [3.63, 3.8) is 0 Å². The van der Waals surface area contributed by atoms with Crippen molar-refractivity contribution in [2.24, 2.45) is 0 Å². The molecule has 3 N–H and O–H groups in total. The molecule has 1 aliphatic heterocycles. The van der Waals surface area contributed by atoms with Crippen LogP contribution in [-0.2, 0) is 0 Å². The molecule has 4 heteroatoms. The number of carbonyl (C=O) groups is 1. The van der Waals surface area contributed by atoms with Gasteiger partial charge in [-0.25, -0.2) is 4.79 Å². The Morgan fingerprint density at radius 3 is 3.00 bits per heavy atom. The fourth-order valence-electron chi connectivity index (χ4n) is 1.57. The first-order valence-electron chi connectivity index (χ1n) is 4.68. The van der Waals surface area contributed by atoms with E-state index in [9.17, 15) is 4.79 Å². The highest BCUT2D eigenvalue weighted by Gasteiger charge is 2.18. The van der Waals surface area contributed by atoms with Gasteiger partial charge in [-0.15, -0.1) is 0 Å². The first-order valence-corrected chi connectivity index (χ1v) is 4.68. The van der Waals surface area contributed by atoms with Crippen molar-refractivity contribution in [2.75, 3.05) is 23.7 Å². The van der Waals surface area contributed by atoms with E-state index >= 15 is 0 Å². The molecule has 0 radical (unpaired) electrons. The van der Waals surface area contributed by atoms with Crippen LogP contribution < -0.4 is 16.0 Å². The minimum Gasteiger partial charge on any atom is -0.399 e. The zero-order valence-corrected chi connectivity index (χ0v) is 7.86. The zero-order chi connectivity index (χ0) is 9.97. The lowest BCUT2D eigenvalue weighted by atomic mass is 10.2.